The first-order valence-corrected chi connectivity index (χ1v) is 8.14. The van der Waals surface area contributed by atoms with Crippen molar-refractivity contribution in [1.29, 1.82) is 5.26 Å². The average molecular weight is 306 g/mol. The van der Waals surface area contributed by atoms with Crippen LogP contribution in [0.5, 0.6) is 0 Å². The van der Waals surface area contributed by atoms with Crippen LogP contribution in [0.25, 0.3) is 11.1 Å². The average Bonchev–Trinajstić information content (AvgIpc) is 2.37. The quantitative estimate of drug-likeness (QED) is 0.872. The van der Waals surface area contributed by atoms with Crippen molar-refractivity contribution in [2.24, 2.45) is 0 Å². The minimum Gasteiger partial charge on any atom is -0.224 e. The molecule has 0 unspecified atom stereocenters. The van der Waals surface area contributed by atoms with Crippen LogP contribution in [0, 0.1) is 11.3 Å². The van der Waals surface area contributed by atoms with E-state index >= 15 is 0 Å². The first kappa shape index (κ1) is 14.6. The molecule has 0 N–H and O–H groups in total. The summed E-state index contributed by atoms with van der Waals surface area (Å²) >= 11 is 6.03. The first-order chi connectivity index (χ1) is 9.40. The molecule has 0 spiro atoms. The molecule has 0 aliphatic heterocycles. The van der Waals surface area contributed by atoms with E-state index in [1.807, 2.05) is 6.07 Å². The summed E-state index contributed by atoms with van der Waals surface area (Å²) in [5.74, 6) is 0. The summed E-state index contributed by atoms with van der Waals surface area (Å²) in [6.07, 6.45) is 1.46. The van der Waals surface area contributed by atoms with Crippen LogP contribution in [0.1, 0.15) is 5.56 Å². The Balaban J connectivity index is 2.44. The molecule has 0 aromatic heterocycles. The van der Waals surface area contributed by atoms with Crippen LogP contribution in [0.3, 0.4) is 0 Å². The Hall–Kier alpha value is -1.83. The molecule has 0 amide bonds. The molecule has 0 fully saturated rings. The molecule has 2 aromatic carbocycles. The van der Waals surface area contributed by atoms with Gasteiger partial charge in [0.1, 0.15) is 0 Å². The van der Waals surface area contributed by atoms with E-state index in [9.17, 15) is 8.42 Å². The van der Waals surface area contributed by atoms with Gasteiger partial charge in [0, 0.05) is 11.3 Å². The lowest BCUT2D eigenvalue weighted by Crippen LogP contribution is -1.96. The minimum absolute atomic E-state index is 0.278. The predicted molar refractivity (Wildman–Crippen MR) is 79.3 cm³/mol. The van der Waals surface area contributed by atoms with Crippen LogP contribution in [-0.2, 0) is 16.3 Å². The molecule has 0 saturated carbocycles. The van der Waals surface area contributed by atoms with Crippen LogP contribution >= 0.6 is 11.6 Å². The second-order valence-electron chi connectivity index (χ2n) is 4.48. The van der Waals surface area contributed by atoms with Gasteiger partial charge in [-0.2, -0.15) is 5.26 Å². The third-order valence-electron chi connectivity index (χ3n) is 2.86. The Morgan fingerprint density at radius 2 is 1.75 bits per heavy atom. The summed E-state index contributed by atoms with van der Waals surface area (Å²) in [5, 5.41) is 9.29. The van der Waals surface area contributed by atoms with E-state index < -0.39 is 9.84 Å². The SMILES string of the molecule is CS(=O)(=O)c1ccc(-c2cc(Cl)cc(CC#N)c2)cc1. The molecule has 0 saturated heterocycles. The number of benzene rings is 2. The second-order valence-corrected chi connectivity index (χ2v) is 6.93. The lowest BCUT2D eigenvalue weighted by Gasteiger charge is -2.06. The Kier molecular flexibility index (Phi) is 4.12. The van der Waals surface area contributed by atoms with Gasteiger partial charge < -0.3 is 0 Å². The second kappa shape index (κ2) is 5.66. The fourth-order valence-electron chi connectivity index (χ4n) is 1.90. The lowest BCUT2D eigenvalue weighted by molar-refractivity contribution is 0.602. The molecular weight excluding hydrogens is 294 g/mol. The van der Waals surface area contributed by atoms with Crippen molar-refractivity contribution in [3.8, 4) is 17.2 Å². The molecule has 0 heterocycles. The normalized spacial score (nSPS) is 11.1. The predicted octanol–water partition coefficient (Wildman–Crippen LogP) is 3.48. The van der Waals surface area contributed by atoms with Crippen LogP contribution in [0.2, 0.25) is 5.02 Å². The number of nitriles is 1. The Labute approximate surface area is 123 Å². The van der Waals surface area contributed by atoms with Gasteiger partial charge in [-0.3, -0.25) is 0 Å². The van der Waals surface area contributed by atoms with E-state index in [2.05, 4.69) is 6.07 Å². The summed E-state index contributed by atoms with van der Waals surface area (Å²) < 4.78 is 22.8. The Bertz CT molecular complexity index is 775. The molecular formula is C15H12ClNO2S. The molecule has 102 valence electrons. The fraction of sp³-hybridized carbons (Fsp3) is 0.133. The number of halogens is 1. The van der Waals surface area contributed by atoms with Gasteiger partial charge in [0.2, 0.25) is 0 Å². The third kappa shape index (κ3) is 3.38. The standard InChI is InChI=1S/C15H12ClNO2S/c1-20(18,19)15-4-2-12(3-5-15)13-8-11(6-7-17)9-14(16)10-13/h2-5,8-10H,6H2,1H3. The van der Waals surface area contributed by atoms with Crippen LogP contribution < -0.4 is 0 Å². The summed E-state index contributed by atoms with van der Waals surface area (Å²) in [6, 6.07) is 14.1. The minimum atomic E-state index is -3.20. The van der Waals surface area contributed by atoms with E-state index in [-0.39, 0.29) is 11.3 Å². The van der Waals surface area contributed by atoms with Gasteiger partial charge in [-0.05, 0) is 41.0 Å². The van der Waals surface area contributed by atoms with Crippen molar-refractivity contribution >= 4 is 21.4 Å². The zero-order valence-corrected chi connectivity index (χ0v) is 12.4. The van der Waals surface area contributed by atoms with Gasteiger partial charge in [0.05, 0.1) is 17.4 Å². The molecule has 2 rings (SSSR count). The van der Waals surface area contributed by atoms with Crippen molar-refractivity contribution in [3.05, 3.63) is 53.1 Å². The number of sulfone groups is 1. The molecule has 2 aromatic rings. The molecule has 0 atom stereocenters. The highest BCUT2D eigenvalue weighted by molar-refractivity contribution is 7.90. The molecule has 5 heteroatoms. The van der Waals surface area contributed by atoms with E-state index in [4.69, 9.17) is 16.9 Å². The maximum atomic E-state index is 11.4. The highest BCUT2D eigenvalue weighted by Crippen LogP contribution is 2.26. The third-order valence-corrected chi connectivity index (χ3v) is 4.20. The maximum Gasteiger partial charge on any atom is 0.175 e. The molecule has 0 aliphatic carbocycles. The monoisotopic (exact) mass is 305 g/mol. The van der Waals surface area contributed by atoms with Gasteiger partial charge in [0.15, 0.2) is 9.84 Å². The van der Waals surface area contributed by atoms with Crippen LogP contribution in [0.4, 0.5) is 0 Å². The van der Waals surface area contributed by atoms with Crippen molar-refractivity contribution in [2.45, 2.75) is 11.3 Å². The van der Waals surface area contributed by atoms with E-state index in [0.717, 1.165) is 16.7 Å². The largest absolute Gasteiger partial charge is 0.224 e. The Morgan fingerprint density at radius 1 is 1.10 bits per heavy atom. The maximum absolute atomic E-state index is 11.4. The van der Waals surface area contributed by atoms with Gasteiger partial charge in [-0.25, -0.2) is 8.42 Å². The van der Waals surface area contributed by atoms with Crippen LogP contribution in [-0.4, -0.2) is 14.7 Å². The molecule has 0 aliphatic rings. The van der Waals surface area contributed by atoms with Gasteiger partial charge >= 0.3 is 0 Å². The Morgan fingerprint density at radius 3 is 2.30 bits per heavy atom. The molecule has 0 radical (unpaired) electrons. The summed E-state index contributed by atoms with van der Waals surface area (Å²) in [5.41, 5.74) is 2.56. The van der Waals surface area contributed by atoms with Crippen molar-refractivity contribution in [3.63, 3.8) is 0 Å². The highest BCUT2D eigenvalue weighted by atomic mass is 35.5. The summed E-state index contributed by atoms with van der Waals surface area (Å²) in [7, 11) is -3.20. The van der Waals surface area contributed by atoms with E-state index in [1.54, 1.807) is 36.4 Å². The van der Waals surface area contributed by atoms with Gasteiger partial charge in [-0.15, -0.1) is 0 Å². The fourth-order valence-corrected chi connectivity index (χ4v) is 2.79. The van der Waals surface area contributed by atoms with Crippen molar-refractivity contribution in [1.82, 2.24) is 0 Å². The summed E-state index contributed by atoms with van der Waals surface area (Å²) in [4.78, 5) is 0.278. The van der Waals surface area contributed by atoms with Crippen molar-refractivity contribution in [2.75, 3.05) is 6.26 Å². The molecule has 20 heavy (non-hydrogen) atoms. The summed E-state index contributed by atoms with van der Waals surface area (Å²) in [6.45, 7) is 0. The van der Waals surface area contributed by atoms with Gasteiger partial charge in [-0.1, -0.05) is 29.8 Å². The zero-order valence-electron chi connectivity index (χ0n) is 10.8. The van der Waals surface area contributed by atoms with Crippen molar-refractivity contribution < 1.29 is 8.42 Å². The number of hydrogen-bond acceptors (Lipinski definition) is 3. The van der Waals surface area contributed by atoms with E-state index in [0.29, 0.717) is 5.02 Å². The smallest absolute Gasteiger partial charge is 0.175 e. The molecule has 0 bridgehead atoms. The van der Waals surface area contributed by atoms with E-state index in [1.165, 1.54) is 6.26 Å². The topological polar surface area (TPSA) is 57.9 Å². The number of nitrogens with zero attached hydrogens (tertiary/aromatic N) is 1. The first-order valence-electron chi connectivity index (χ1n) is 5.87. The number of hydrogen-bond donors (Lipinski definition) is 0. The van der Waals surface area contributed by atoms with Gasteiger partial charge in [0.25, 0.3) is 0 Å². The van der Waals surface area contributed by atoms with Crippen LogP contribution in [0.15, 0.2) is 47.4 Å². The molecule has 3 nitrogen and oxygen atoms in total. The zero-order chi connectivity index (χ0) is 14.8. The number of rotatable bonds is 3. The lowest BCUT2D eigenvalue weighted by atomic mass is 10.0. The highest BCUT2D eigenvalue weighted by Gasteiger charge is 2.08.